The van der Waals surface area contributed by atoms with Crippen LogP contribution in [-0.4, -0.2) is 16.7 Å². The zero-order chi connectivity index (χ0) is 16.9. The molecule has 0 aromatic heterocycles. The molecule has 1 unspecified atom stereocenters. The smallest absolute Gasteiger partial charge is 0.233 e. The van der Waals surface area contributed by atoms with Gasteiger partial charge in [0.1, 0.15) is 6.10 Å². The van der Waals surface area contributed by atoms with E-state index in [0.29, 0.717) is 16.7 Å². The summed E-state index contributed by atoms with van der Waals surface area (Å²) in [6.07, 6.45) is -0.963. The minimum absolute atomic E-state index is 0.225. The Morgan fingerprint density at radius 1 is 0.667 bits per heavy atom. The number of aliphatic hydroxyl groups is 1. The second kappa shape index (κ2) is 7.02. The summed E-state index contributed by atoms with van der Waals surface area (Å²) in [6, 6.07) is 24.2. The van der Waals surface area contributed by atoms with Crippen LogP contribution in [0.1, 0.15) is 37.9 Å². The second-order valence-corrected chi connectivity index (χ2v) is 5.42. The van der Waals surface area contributed by atoms with Gasteiger partial charge in [0.25, 0.3) is 0 Å². The van der Waals surface area contributed by atoms with Gasteiger partial charge >= 0.3 is 0 Å². The molecule has 0 aliphatic carbocycles. The predicted molar refractivity (Wildman–Crippen MR) is 92.0 cm³/mol. The van der Waals surface area contributed by atoms with Gasteiger partial charge in [-0.05, 0) is 11.1 Å². The van der Waals surface area contributed by atoms with Crippen LogP contribution in [0.5, 0.6) is 0 Å². The minimum atomic E-state index is -0.963. The SMILES string of the molecule is O=C(C(=O)c1ccccc1C(O)c1ccccc1)c1ccccc1. The first kappa shape index (κ1) is 15.8. The van der Waals surface area contributed by atoms with Gasteiger partial charge in [-0.25, -0.2) is 0 Å². The quantitative estimate of drug-likeness (QED) is 0.575. The molecular formula is C21H16O3. The van der Waals surface area contributed by atoms with Gasteiger partial charge in [-0.2, -0.15) is 0 Å². The fourth-order valence-electron chi connectivity index (χ4n) is 2.60. The van der Waals surface area contributed by atoms with E-state index in [4.69, 9.17) is 0 Å². The van der Waals surface area contributed by atoms with Gasteiger partial charge in [-0.3, -0.25) is 9.59 Å². The number of carbonyl (C=O) groups is 2. The van der Waals surface area contributed by atoms with E-state index in [9.17, 15) is 14.7 Å². The van der Waals surface area contributed by atoms with E-state index in [1.54, 1.807) is 66.7 Å². The number of rotatable bonds is 5. The van der Waals surface area contributed by atoms with E-state index in [-0.39, 0.29) is 5.56 Å². The average molecular weight is 316 g/mol. The van der Waals surface area contributed by atoms with Gasteiger partial charge in [0.05, 0.1) is 0 Å². The van der Waals surface area contributed by atoms with Crippen LogP contribution in [0.25, 0.3) is 0 Å². The van der Waals surface area contributed by atoms with Gasteiger partial charge in [0.2, 0.25) is 11.6 Å². The second-order valence-electron chi connectivity index (χ2n) is 5.42. The molecule has 0 saturated heterocycles. The lowest BCUT2D eigenvalue weighted by Crippen LogP contribution is -2.17. The zero-order valence-electron chi connectivity index (χ0n) is 12.9. The van der Waals surface area contributed by atoms with Crippen molar-refractivity contribution in [3.8, 4) is 0 Å². The Bertz CT molecular complexity index is 855. The van der Waals surface area contributed by atoms with Crippen LogP contribution in [0.4, 0.5) is 0 Å². The molecule has 3 aromatic rings. The fourth-order valence-corrected chi connectivity index (χ4v) is 2.60. The molecule has 0 amide bonds. The maximum absolute atomic E-state index is 12.6. The molecule has 0 saturated carbocycles. The summed E-state index contributed by atoms with van der Waals surface area (Å²) in [5.41, 5.74) is 1.66. The number of Topliss-reactive ketones (excluding diaryl/α,β-unsaturated/α-hetero) is 2. The van der Waals surface area contributed by atoms with Crippen LogP contribution in [0.15, 0.2) is 84.9 Å². The van der Waals surface area contributed by atoms with E-state index >= 15 is 0 Å². The van der Waals surface area contributed by atoms with E-state index in [0.717, 1.165) is 0 Å². The van der Waals surface area contributed by atoms with Crippen molar-refractivity contribution in [2.45, 2.75) is 6.10 Å². The largest absolute Gasteiger partial charge is 0.384 e. The van der Waals surface area contributed by atoms with Gasteiger partial charge in [0.15, 0.2) is 0 Å². The molecule has 1 N–H and O–H groups in total. The van der Waals surface area contributed by atoms with Crippen LogP contribution in [0.2, 0.25) is 0 Å². The normalized spacial score (nSPS) is 11.7. The number of carbonyl (C=O) groups excluding carboxylic acids is 2. The van der Waals surface area contributed by atoms with E-state index < -0.39 is 17.7 Å². The van der Waals surface area contributed by atoms with Gasteiger partial charge in [-0.15, -0.1) is 0 Å². The molecule has 0 fully saturated rings. The van der Waals surface area contributed by atoms with Crippen molar-refractivity contribution in [2.75, 3.05) is 0 Å². The Morgan fingerprint density at radius 2 is 1.21 bits per heavy atom. The highest BCUT2D eigenvalue weighted by atomic mass is 16.3. The molecular weight excluding hydrogens is 300 g/mol. The summed E-state index contributed by atoms with van der Waals surface area (Å²) in [7, 11) is 0. The minimum Gasteiger partial charge on any atom is -0.384 e. The summed E-state index contributed by atoms with van der Waals surface area (Å²) in [6.45, 7) is 0. The highest BCUT2D eigenvalue weighted by Gasteiger charge is 2.24. The number of benzene rings is 3. The summed E-state index contributed by atoms with van der Waals surface area (Å²) >= 11 is 0. The molecule has 0 spiro atoms. The molecule has 0 aliphatic rings. The Kier molecular flexibility index (Phi) is 4.64. The monoisotopic (exact) mass is 316 g/mol. The predicted octanol–water partition coefficient (Wildman–Crippen LogP) is 3.83. The molecule has 0 bridgehead atoms. The lowest BCUT2D eigenvalue weighted by atomic mass is 9.92. The summed E-state index contributed by atoms with van der Waals surface area (Å²) in [5, 5.41) is 10.6. The van der Waals surface area contributed by atoms with Crippen molar-refractivity contribution in [3.05, 3.63) is 107 Å². The van der Waals surface area contributed by atoms with Crippen LogP contribution in [0, 0.1) is 0 Å². The summed E-state index contributed by atoms with van der Waals surface area (Å²) in [4.78, 5) is 25.1. The molecule has 118 valence electrons. The molecule has 3 rings (SSSR count). The third-order valence-electron chi connectivity index (χ3n) is 3.86. The van der Waals surface area contributed by atoms with Crippen molar-refractivity contribution in [2.24, 2.45) is 0 Å². The topological polar surface area (TPSA) is 54.4 Å². The zero-order valence-corrected chi connectivity index (χ0v) is 12.9. The Morgan fingerprint density at radius 3 is 1.88 bits per heavy atom. The van der Waals surface area contributed by atoms with Gasteiger partial charge in [0, 0.05) is 11.1 Å². The van der Waals surface area contributed by atoms with E-state index in [2.05, 4.69) is 0 Å². The highest BCUT2D eigenvalue weighted by Crippen LogP contribution is 2.25. The average Bonchev–Trinajstić information content (AvgIpc) is 2.67. The molecule has 0 aliphatic heterocycles. The molecule has 3 nitrogen and oxygen atoms in total. The number of aliphatic hydroxyl groups excluding tert-OH is 1. The maximum Gasteiger partial charge on any atom is 0.233 e. The van der Waals surface area contributed by atoms with E-state index in [1.165, 1.54) is 0 Å². The molecule has 3 heteroatoms. The third kappa shape index (κ3) is 3.16. The standard InChI is InChI=1S/C21H16O3/c22-19(15-9-3-1-4-10-15)17-13-7-8-14-18(17)21(24)20(23)16-11-5-2-6-12-16/h1-14,19,22H. The first-order valence-electron chi connectivity index (χ1n) is 7.64. The molecule has 24 heavy (non-hydrogen) atoms. The first-order chi connectivity index (χ1) is 11.7. The van der Waals surface area contributed by atoms with Crippen molar-refractivity contribution in [1.29, 1.82) is 0 Å². The molecule has 0 heterocycles. The third-order valence-corrected chi connectivity index (χ3v) is 3.86. The highest BCUT2D eigenvalue weighted by molar-refractivity contribution is 6.49. The Labute approximate surface area is 140 Å². The van der Waals surface area contributed by atoms with Gasteiger partial charge < -0.3 is 5.11 Å². The van der Waals surface area contributed by atoms with E-state index in [1.807, 2.05) is 18.2 Å². The molecule has 1 atom stereocenters. The van der Waals surface area contributed by atoms with Crippen LogP contribution >= 0.6 is 0 Å². The number of hydrogen-bond acceptors (Lipinski definition) is 3. The van der Waals surface area contributed by atoms with Crippen molar-refractivity contribution >= 4 is 11.6 Å². The van der Waals surface area contributed by atoms with Crippen molar-refractivity contribution in [3.63, 3.8) is 0 Å². The van der Waals surface area contributed by atoms with Crippen LogP contribution in [-0.2, 0) is 0 Å². The van der Waals surface area contributed by atoms with Crippen LogP contribution < -0.4 is 0 Å². The van der Waals surface area contributed by atoms with Gasteiger partial charge in [-0.1, -0.05) is 84.9 Å². The van der Waals surface area contributed by atoms with Crippen molar-refractivity contribution < 1.29 is 14.7 Å². The summed E-state index contributed by atoms with van der Waals surface area (Å²) < 4.78 is 0. The van der Waals surface area contributed by atoms with Crippen molar-refractivity contribution in [1.82, 2.24) is 0 Å². The fraction of sp³-hybridized carbons (Fsp3) is 0.0476. The Balaban J connectivity index is 1.98. The number of ketones is 2. The Hall–Kier alpha value is -3.04. The lowest BCUT2D eigenvalue weighted by molar-refractivity contribution is 0.0814. The maximum atomic E-state index is 12.6. The molecule has 3 aromatic carbocycles. The van der Waals surface area contributed by atoms with Crippen LogP contribution in [0.3, 0.4) is 0 Å². The lowest BCUT2D eigenvalue weighted by Gasteiger charge is -2.15. The first-order valence-corrected chi connectivity index (χ1v) is 7.64. The molecule has 0 radical (unpaired) electrons. The summed E-state index contributed by atoms with van der Waals surface area (Å²) in [5.74, 6) is -1.20. The number of hydrogen-bond donors (Lipinski definition) is 1.